The molecule has 2 fully saturated rings. The average Bonchev–Trinajstić information content (AvgIpc) is 2.49. The molecule has 0 aromatic heterocycles. The number of nitrogens with one attached hydrogen (secondary N) is 1. The Morgan fingerprint density at radius 2 is 1.70 bits per heavy atom. The minimum Gasteiger partial charge on any atom is -0.353 e. The van der Waals surface area contributed by atoms with E-state index in [1.807, 2.05) is 11.8 Å². The number of amides is 2. The molecule has 1 saturated heterocycles. The summed E-state index contributed by atoms with van der Waals surface area (Å²) in [6.07, 6.45) is 9.17. The number of carbonyl (C=O) groups excluding carboxylic acids is 2. The first-order valence-electron chi connectivity index (χ1n) is 8.29. The summed E-state index contributed by atoms with van der Waals surface area (Å²) in [4.78, 5) is 26.0. The Morgan fingerprint density at radius 1 is 1.05 bits per heavy atom. The molecule has 0 spiro atoms. The van der Waals surface area contributed by atoms with Gasteiger partial charge in [0.05, 0.1) is 0 Å². The summed E-state index contributed by atoms with van der Waals surface area (Å²) in [5.41, 5.74) is 0. The molecule has 1 aliphatic heterocycles. The largest absolute Gasteiger partial charge is 0.353 e. The van der Waals surface area contributed by atoms with E-state index in [9.17, 15) is 9.59 Å². The van der Waals surface area contributed by atoms with Crippen LogP contribution in [0, 0.1) is 5.92 Å². The lowest BCUT2D eigenvalue weighted by molar-refractivity contribution is -0.132. The van der Waals surface area contributed by atoms with Gasteiger partial charge in [0, 0.05) is 31.5 Å². The summed E-state index contributed by atoms with van der Waals surface area (Å²) in [6, 6.07) is 0.273. The van der Waals surface area contributed by atoms with Gasteiger partial charge in [-0.15, -0.1) is 0 Å². The average molecular weight is 280 g/mol. The lowest BCUT2D eigenvalue weighted by Gasteiger charge is -2.33. The maximum atomic E-state index is 12.2. The number of hydrogen-bond acceptors (Lipinski definition) is 2. The third-order valence-corrected chi connectivity index (χ3v) is 4.63. The summed E-state index contributed by atoms with van der Waals surface area (Å²) in [6.45, 7) is 3.64. The van der Waals surface area contributed by atoms with Crippen molar-refractivity contribution in [3.05, 3.63) is 0 Å². The highest BCUT2D eigenvalue weighted by Gasteiger charge is 2.26. The van der Waals surface area contributed by atoms with Gasteiger partial charge < -0.3 is 10.2 Å². The van der Waals surface area contributed by atoms with Gasteiger partial charge in [0.1, 0.15) is 0 Å². The Morgan fingerprint density at radius 3 is 2.30 bits per heavy atom. The van der Waals surface area contributed by atoms with Gasteiger partial charge >= 0.3 is 0 Å². The van der Waals surface area contributed by atoms with E-state index in [2.05, 4.69) is 5.32 Å². The fraction of sp³-hybridized carbons (Fsp3) is 0.875. The van der Waals surface area contributed by atoms with Gasteiger partial charge in [0.15, 0.2) is 0 Å². The molecule has 1 aliphatic carbocycles. The van der Waals surface area contributed by atoms with E-state index >= 15 is 0 Å². The van der Waals surface area contributed by atoms with E-state index in [0.29, 0.717) is 6.42 Å². The van der Waals surface area contributed by atoms with Crippen LogP contribution >= 0.6 is 0 Å². The van der Waals surface area contributed by atoms with E-state index in [-0.39, 0.29) is 23.8 Å². The molecule has 114 valence electrons. The first-order valence-corrected chi connectivity index (χ1v) is 8.29. The summed E-state index contributed by atoms with van der Waals surface area (Å²) in [7, 11) is 0. The topological polar surface area (TPSA) is 49.4 Å². The zero-order chi connectivity index (χ0) is 14.4. The van der Waals surface area contributed by atoms with Gasteiger partial charge in [-0.1, -0.05) is 26.2 Å². The number of likely N-dealkylation sites (tertiary alicyclic amines) is 1. The lowest BCUT2D eigenvalue weighted by atomic mass is 9.88. The van der Waals surface area contributed by atoms with Crippen LogP contribution in [0.25, 0.3) is 0 Å². The van der Waals surface area contributed by atoms with E-state index in [1.54, 1.807) is 0 Å². The van der Waals surface area contributed by atoms with Crippen molar-refractivity contribution in [2.75, 3.05) is 13.1 Å². The molecule has 0 unspecified atom stereocenters. The van der Waals surface area contributed by atoms with Crippen LogP contribution in [0.4, 0.5) is 0 Å². The van der Waals surface area contributed by atoms with Gasteiger partial charge in [0.25, 0.3) is 0 Å². The molecular formula is C16H28N2O2. The van der Waals surface area contributed by atoms with Crippen molar-refractivity contribution in [2.45, 2.75) is 70.8 Å². The molecule has 0 atom stereocenters. The lowest BCUT2D eigenvalue weighted by Crippen LogP contribution is -2.48. The Labute approximate surface area is 122 Å². The Balaban J connectivity index is 1.71. The van der Waals surface area contributed by atoms with Crippen molar-refractivity contribution in [3.63, 3.8) is 0 Å². The van der Waals surface area contributed by atoms with Gasteiger partial charge in [0.2, 0.25) is 11.8 Å². The molecule has 1 heterocycles. The second-order valence-corrected chi connectivity index (χ2v) is 6.25. The van der Waals surface area contributed by atoms with E-state index in [4.69, 9.17) is 0 Å². The predicted octanol–water partition coefficient (Wildman–Crippen LogP) is 2.47. The minimum absolute atomic E-state index is 0.239. The molecule has 0 bridgehead atoms. The van der Waals surface area contributed by atoms with E-state index in [1.165, 1.54) is 19.3 Å². The van der Waals surface area contributed by atoms with Crippen molar-refractivity contribution >= 4 is 11.8 Å². The number of nitrogens with zero attached hydrogens (tertiary/aromatic N) is 1. The van der Waals surface area contributed by atoms with E-state index in [0.717, 1.165) is 45.2 Å². The molecular weight excluding hydrogens is 252 g/mol. The molecule has 1 N–H and O–H groups in total. The van der Waals surface area contributed by atoms with Crippen molar-refractivity contribution in [2.24, 2.45) is 5.92 Å². The Hall–Kier alpha value is -1.06. The van der Waals surface area contributed by atoms with Crippen LogP contribution in [-0.2, 0) is 9.59 Å². The molecule has 4 nitrogen and oxygen atoms in total. The van der Waals surface area contributed by atoms with Crippen molar-refractivity contribution in [1.29, 1.82) is 0 Å². The smallest absolute Gasteiger partial charge is 0.223 e. The first kappa shape index (κ1) is 15.3. The number of piperidine rings is 1. The molecule has 2 rings (SSSR count). The van der Waals surface area contributed by atoms with Crippen LogP contribution in [0.2, 0.25) is 0 Å². The minimum atomic E-state index is 0.239. The van der Waals surface area contributed by atoms with Gasteiger partial charge in [-0.25, -0.2) is 0 Å². The fourth-order valence-electron chi connectivity index (χ4n) is 3.33. The molecule has 2 amide bonds. The standard InChI is InChI=1S/C16H28N2O2/c1-2-6-15(19)18-11-9-14(10-12-18)17-16(20)13-7-4-3-5-8-13/h13-14H,2-12H2,1H3,(H,17,20). The van der Waals surface area contributed by atoms with Crippen LogP contribution in [0.15, 0.2) is 0 Å². The zero-order valence-corrected chi connectivity index (χ0v) is 12.7. The van der Waals surface area contributed by atoms with Crippen LogP contribution in [0.5, 0.6) is 0 Å². The second kappa shape index (κ2) is 7.65. The number of carbonyl (C=O) groups is 2. The molecule has 0 aromatic rings. The zero-order valence-electron chi connectivity index (χ0n) is 12.7. The van der Waals surface area contributed by atoms with E-state index < -0.39 is 0 Å². The SMILES string of the molecule is CCCC(=O)N1CCC(NC(=O)C2CCCCC2)CC1. The molecule has 1 saturated carbocycles. The van der Waals surface area contributed by atoms with Crippen molar-refractivity contribution < 1.29 is 9.59 Å². The maximum Gasteiger partial charge on any atom is 0.223 e. The predicted molar refractivity (Wildman–Crippen MR) is 79.2 cm³/mol. The van der Waals surface area contributed by atoms with Crippen LogP contribution < -0.4 is 5.32 Å². The molecule has 20 heavy (non-hydrogen) atoms. The van der Waals surface area contributed by atoms with Crippen LogP contribution in [0.3, 0.4) is 0 Å². The Bertz CT molecular complexity index is 329. The molecule has 2 aliphatic rings. The third kappa shape index (κ3) is 4.22. The third-order valence-electron chi connectivity index (χ3n) is 4.63. The Kier molecular flexibility index (Phi) is 5.86. The number of rotatable bonds is 4. The molecule has 0 radical (unpaired) electrons. The van der Waals surface area contributed by atoms with Crippen LogP contribution in [-0.4, -0.2) is 35.8 Å². The summed E-state index contributed by atoms with van der Waals surface area (Å²) >= 11 is 0. The van der Waals surface area contributed by atoms with Gasteiger partial charge in [-0.3, -0.25) is 9.59 Å². The fourth-order valence-corrected chi connectivity index (χ4v) is 3.33. The highest BCUT2D eigenvalue weighted by Crippen LogP contribution is 2.24. The van der Waals surface area contributed by atoms with Gasteiger partial charge in [-0.05, 0) is 32.1 Å². The maximum absolute atomic E-state index is 12.2. The molecule has 4 heteroatoms. The highest BCUT2D eigenvalue weighted by atomic mass is 16.2. The number of hydrogen-bond donors (Lipinski definition) is 1. The summed E-state index contributed by atoms with van der Waals surface area (Å²) < 4.78 is 0. The second-order valence-electron chi connectivity index (χ2n) is 6.25. The van der Waals surface area contributed by atoms with Crippen molar-refractivity contribution in [3.8, 4) is 0 Å². The first-order chi connectivity index (χ1) is 9.70. The monoisotopic (exact) mass is 280 g/mol. The van der Waals surface area contributed by atoms with Crippen LogP contribution in [0.1, 0.15) is 64.7 Å². The quantitative estimate of drug-likeness (QED) is 0.860. The molecule has 0 aromatic carbocycles. The summed E-state index contributed by atoms with van der Waals surface area (Å²) in [5.74, 6) is 0.760. The van der Waals surface area contributed by atoms with Crippen molar-refractivity contribution in [1.82, 2.24) is 10.2 Å². The highest BCUT2D eigenvalue weighted by molar-refractivity contribution is 5.79. The normalized spacial score (nSPS) is 21.8. The summed E-state index contributed by atoms with van der Waals surface area (Å²) in [5, 5.41) is 3.20. The van der Waals surface area contributed by atoms with Gasteiger partial charge in [-0.2, -0.15) is 0 Å².